The van der Waals surface area contributed by atoms with Crippen molar-refractivity contribution in [2.75, 3.05) is 19.0 Å². The molecule has 0 bridgehead atoms. The Hall–Kier alpha value is -3.68. The van der Waals surface area contributed by atoms with Crippen molar-refractivity contribution in [2.45, 2.75) is 59.3 Å². The van der Waals surface area contributed by atoms with Gasteiger partial charge in [0.1, 0.15) is 17.1 Å². The third kappa shape index (κ3) is 6.93. The molecule has 0 saturated carbocycles. The number of hydrogen-bond donors (Lipinski definition) is 1. The number of halogens is 1. The van der Waals surface area contributed by atoms with E-state index in [4.69, 9.17) is 9.47 Å². The van der Waals surface area contributed by atoms with Gasteiger partial charge in [0.15, 0.2) is 0 Å². The lowest BCUT2D eigenvalue weighted by atomic mass is 9.79. The minimum atomic E-state index is -0.909. The van der Waals surface area contributed by atoms with Crippen LogP contribution in [0.4, 0.5) is 14.9 Å². The number of hydrogen-bond acceptors (Lipinski definition) is 6. The lowest BCUT2D eigenvalue weighted by Gasteiger charge is -2.29. The fourth-order valence-electron chi connectivity index (χ4n) is 3.46. The number of rotatable bonds is 7. The van der Waals surface area contributed by atoms with Crippen LogP contribution in [0.5, 0.6) is 5.75 Å². The molecule has 0 fully saturated rings. The van der Waals surface area contributed by atoms with Crippen molar-refractivity contribution in [2.24, 2.45) is 0 Å². The zero-order chi connectivity index (χ0) is 27.3. The Kier molecular flexibility index (Phi) is 9.02. The maximum Gasteiger partial charge on any atom is 0.513 e. The zero-order valence-electron chi connectivity index (χ0n) is 22.1. The monoisotopic (exact) mass is 499 g/mol. The average molecular weight is 500 g/mol. The quantitative estimate of drug-likeness (QED) is 0.0913. The van der Waals surface area contributed by atoms with Gasteiger partial charge in [0.2, 0.25) is 5.78 Å². The molecule has 0 aliphatic heterocycles. The highest BCUT2D eigenvalue weighted by atomic mass is 19.1. The van der Waals surface area contributed by atoms with Gasteiger partial charge in [-0.25, -0.2) is 9.18 Å². The van der Waals surface area contributed by atoms with E-state index < -0.39 is 34.5 Å². The first-order chi connectivity index (χ1) is 16.7. The Bertz CT molecular complexity index is 1170. The molecular formula is C28H34FNO6. The second kappa shape index (κ2) is 11.4. The summed E-state index contributed by atoms with van der Waals surface area (Å²) in [5.74, 6) is -2.17. The Morgan fingerprint density at radius 1 is 0.972 bits per heavy atom. The maximum absolute atomic E-state index is 14.3. The Morgan fingerprint density at radius 3 is 2.11 bits per heavy atom. The van der Waals surface area contributed by atoms with Gasteiger partial charge >= 0.3 is 6.16 Å². The average Bonchev–Trinajstić information content (AvgIpc) is 2.77. The number of benzene rings is 2. The standard InChI is InChI=1S/C28H34FNO6/c1-9-35-16-18(24(31)17-12-10-11-13-21(17)29)25(32)30-22-15-23(36-26(33)34-8)20(28(5,6)7)14-19(22)27(2,3)4/h10-16H,9H2,1-8H3,(H,30,32)/b18-16-. The predicted molar refractivity (Wildman–Crippen MR) is 136 cm³/mol. The topological polar surface area (TPSA) is 90.9 Å². The van der Waals surface area contributed by atoms with Gasteiger partial charge in [0, 0.05) is 17.3 Å². The summed E-state index contributed by atoms with van der Waals surface area (Å²) in [7, 11) is 1.20. The fourth-order valence-corrected chi connectivity index (χ4v) is 3.46. The first-order valence-corrected chi connectivity index (χ1v) is 11.6. The van der Waals surface area contributed by atoms with E-state index in [1.165, 1.54) is 31.4 Å². The minimum Gasteiger partial charge on any atom is -0.501 e. The normalized spacial score (nSPS) is 12.1. The molecule has 194 valence electrons. The first kappa shape index (κ1) is 28.6. The Labute approximate surface area is 211 Å². The molecule has 0 saturated heterocycles. The van der Waals surface area contributed by atoms with Gasteiger partial charge in [0.05, 0.1) is 25.5 Å². The smallest absolute Gasteiger partial charge is 0.501 e. The third-order valence-electron chi connectivity index (χ3n) is 5.32. The molecule has 0 aliphatic rings. The fraction of sp³-hybridized carbons (Fsp3) is 0.393. The van der Waals surface area contributed by atoms with Crippen molar-refractivity contribution < 1.29 is 33.0 Å². The van der Waals surface area contributed by atoms with E-state index in [0.29, 0.717) is 5.69 Å². The van der Waals surface area contributed by atoms with E-state index in [-0.39, 0.29) is 23.5 Å². The maximum atomic E-state index is 14.3. The Morgan fingerprint density at radius 2 is 1.58 bits per heavy atom. The molecule has 0 atom stereocenters. The third-order valence-corrected chi connectivity index (χ3v) is 5.32. The highest BCUT2D eigenvalue weighted by Crippen LogP contribution is 2.40. The van der Waals surface area contributed by atoms with Gasteiger partial charge in [-0.3, -0.25) is 9.59 Å². The molecule has 1 amide bonds. The summed E-state index contributed by atoms with van der Waals surface area (Å²) in [6.45, 7) is 13.7. The summed E-state index contributed by atoms with van der Waals surface area (Å²) in [5, 5.41) is 2.74. The number of nitrogens with one attached hydrogen (secondary N) is 1. The summed E-state index contributed by atoms with van der Waals surface area (Å²) in [4.78, 5) is 38.4. The second-order valence-electron chi connectivity index (χ2n) is 10.2. The van der Waals surface area contributed by atoms with Crippen LogP contribution in [0.2, 0.25) is 0 Å². The summed E-state index contributed by atoms with van der Waals surface area (Å²) in [5.41, 5.74) is 0.307. The Balaban J connectivity index is 2.64. The number of ether oxygens (including phenoxy) is 3. The summed E-state index contributed by atoms with van der Waals surface area (Å²) in [6, 6.07) is 8.79. The van der Waals surface area contributed by atoms with Gasteiger partial charge in [-0.15, -0.1) is 0 Å². The molecule has 36 heavy (non-hydrogen) atoms. The molecule has 2 rings (SSSR count). The molecule has 0 radical (unpaired) electrons. The number of Topliss-reactive ketones (excluding diaryl/α,β-unsaturated/α-hetero) is 1. The van der Waals surface area contributed by atoms with Crippen molar-refractivity contribution in [1.82, 2.24) is 0 Å². The van der Waals surface area contributed by atoms with Crippen molar-refractivity contribution in [3.05, 3.63) is 70.7 Å². The largest absolute Gasteiger partial charge is 0.513 e. The number of ketones is 1. The number of carbonyl (C=O) groups excluding carboxylic acids is 3. The van der Waals surface area contributed by atoms with Crippen molar-refractivity contribution in [1.29, 1.82) is 0 Å². The highest BCUT2D eigenvalue weighted by Gasteiger charge is 2.30. The lowest BCUT2D eigenvalue weighted by Crippen LogP contribution is -2.25. The van der Waals surface area contributed by atoms with E-state index in [1.54, 1.807) is 6.92 Å². The van der Waals surface area contributed by atoms with E-state index >= 15 is 0 Å². The van der Waals surface area contributed by atoms with Gasteiger partial charge in [-0.1, -0.05) is 53.7 Å². The molecule has 2 aromatic carbocycles. The molecule has 1 N–H and O–H groups in total. The molecule has 2 aromatic rings. The second-order valence-corrected chi connectivity index (χ2v) is 10.2. The zero-order valence-corrected chi connectivity index (χ0v) is 22.1. The summed E-state index contributed by atoms with van der Waals surface area (Å²) < 4.78 is 29.6. The lowest BCUT2D eigenvalue weighted by molar-refractivity contribution is -0.112. The van der Waals surface area contributed by atoms with Gasteiger partial charge in [-0.2, -0.15) is 0 Å². The van der Waals surface area contributed by atoms with Crippen LogP contribution in [-0.2, 0) is 25.1 Å². The number of carbonyl (C=O) groups is 3. The van der Waals surface area contributed by atoms with Crippen LogP contribution < -0.4 is 10.1 Å². The van der Waals surface area contributed by atoms with E-state index in [1.807, 2.05) is 47.6 Å². The van der Waals surface area contributed by atoms with Gasteiger partial charge < -0.3 is 19.5 Å². The predicted octanol–water partition coefficient (Wildman–Crippen LogP) is 6.31. The molecule has 0 aliphatic carbocycles. The number of anilines is 1. The minimum absolute atomic E-state index is 0.200. The van der Waals surface area contributed by atoms with Gasteiger partial charge in [0.25, 0.3) is 5.91 Å². The number of amides is 1. The van der Waals surface area contributed by atoms with Crippen LogP contribution in [0.15, 0.2) is 48.2 Å². The highest BCUT2D eigenvalue weighted by molar-refractivity contribution is 6.28. The first-order valence-electron chi connectivity index (χ1n) is 11.6. The SMILES string of the molecule is CCO/C=C(\C(=O)Nc1cc(OC(=O)OC)c(C(C)(C)C)cc1C(C)(C)C)C(=O)c1ccccc1F. The van der Waals surface area contributed by atoms with Crippen LogP contribution in [0, 0.1) is 5.82 Å². The molecule has 0 aromatic heterocycles. The molecule has 0 heterocycles. The van der Waals surface area contributed by atoms with Crippen LogP contribution in [0.1, 0.15) is 70.0 Å². The van der Waals surface area contributed by atoms with Crippen molar-refractivity contribution in [3.8, 4) is 5.75 Å². The molecule has 0 spiro atoms. The van der Waals surface area contributed by atoms with E-state index in [9.17, 15) is 18.8 Å². The molecule has 8 heteroatoms. The van der Waals surface area contributed by atoms with E-state index in [0.717, 1.165) is 23.5 Å². The summed E-state index contributed by atoms with van der Waals surface area (Å²) >= 11 is 0. The van der Waals surface area contributed by atoms with Crippen LogP contribution in [-0.4, -0.2) is 31.6 Å². The van der Waals surface area contributed by atoms with Crippen LogP contribution in [0.3, 0.4) is 0 Å². The number of methoxy groups -OCH3 is 1. The van der Waals surface area contributed by atoms with Crippen LogP contribution >= 0.6 is 0 Å². The van der Waals surface area contributed by atoms with E-state index in [2.05, 4.69) is 10.1 Å². The summed E-state index contributed by atoms with van der Waals surface area (Å²) in [6.07, 6.45) is 0.115. The van der Waals surface area contributed by atoms with Crippen molar-refractivity contribution in [3.63, 3.8) is 0 Å². The molecule has 0 unspecified atom stereocenters. The van der Waals surface area contributed by atoms with Crippen molar-refractivity contribution >= 4 is 23.5 Å². The molecular weight excluding hydrogens is 465 g/mol. The molecule has 7 nitrogen and oxygen atoms in total. The van der Waals surface area contributed by atoms with Gasteiger partial charge in [-0.05, 0) is 41.5 Å². The van der Waals surface area contributed by atoms with Crippen LogP contribution in [0.25, 0.3) is 0 Å².